The number of benzene rings is 1. The van der Waals surface area contributed by atoms with Gasteiger partial charge in [-0.25, -0.2) is 0 Å². The molecule has 1 aliphatic heterocycles. The molecular weight excluding hydrogens is 334 g/mol. The SMILES string of the molecule is O=C(O)Cn1ccc(NC(=O)[C@@H]2CCO[C@H]2c2ccc(Cl)cc2)n1. The minimum absolute atomic E-state index is 0.201. The van der Waals surface area contributed by atoms with E-state index in [4.69, 9.17) is 21.4 Å². The molecule has 0 aliphatic carbocycles. The van der Waals surface area contributed by atoms with Gasteiger partial charge in [0.05, 0.1) is 12.0 Å². The van der Waals surface area contributed by atoms with Crippen LogP contribution in [0.3, 0.4) is 0 Å². The van der Waals surface area contributed by atoms with Crippen LogP contribution in [0.5, 0.6) is 0 Å². The molecule has 7 nitrogen and oxygen atoms in total. The van der Waals surface area contributed by atoms with Gasteiger partial charge in [0.15, 0.2) is 5.82 Å². The predicted molar refractivity (Wildman–Crippen MR) is 86.7 cm³/mol. The van der Waals surface area contributed by atoms with Crippen LogP contribution in [0.25, 0.3) is 0 Å². The number of hydrogen-bond donors (Lipinski definition) is 2. The summed E-state index contributed by atoms with van der Waals surface area (Å²) in [5.74, 6) is -1.21. The Balaban J connectivity index is 1.68. The molecule has 24 heavy (non-hydrogen) atoms. The fourth-order valence-corrected chi connectivity index (χ4v) is 2.84. The summed E-state index contributed by atoms with van der Waals surface area (Å²) in [4.78, 5) is 23.2. The number of carbonyl (C=O) groups excluding carboxylic acids is 1. The van der Waals surface area contributed by atoms with Crippen LogP contribution in [0.2, 0.25) is 5.02 Å². The number of nitrogens with zero attached hydrogens (tertiary/aromatic N) is 2. The van der Waals surface area contributed by atoms with E-state index in [0.29, 0.717) is 23.9 Å². The topological polar surface area (TPSA) is 93.5 Å². The van der Waals surface area contributed by atoms with Crippen molar-refractivity contribution in [2.75, 3.05) is 11.9 Å². The predicted octanol–water partition coefficient (Wildman–Crippen LogP) is 2.34. The average Bonchev–Trinajstić information content (AvgIpc) is 3.17. The standard InChI is InChI=1S/C16H16ClN3O4/c17-11-3-1-10(2-4-11)15-12(6-8-24-15)16(23)18-13-5-7-20(19-13)9-14(21)22/h1-5,7,12,15H,6,8-9H2,(H,21,22)(H,18,19,23)/t12-,15+/m1/s1. The molecule has 1 fully saturated rings. The zero-order chi connectivity index (χ0) is 17.1. The lowest BCUT2D eigenvalue weighted by atomic mass is 9.94. The highest BCUT2D eigenvalue weighted by Gasteiger charge is 2.35. The van der Waals surface area contributed by atoms with Crippen molar-refractivity contribution in [3.8, 4) is 0 Å². The molecule has 0 bridgehead atoms. The summed E-state index contributed by atoms with van der Waals surface area (Å²) in [6.45, 7) is 0.245. The molecule has 2 atom stereocenters. The first-order valence-electron chi connectivity index (χ1n) is 7.46. The van der Waals surface area contributed by atoms with Gasteiger partial charge in [0.1, 0.15) is 6.54 Å². The Morgan fingerprint density at radius 1 is 1.33 bits per heavy atom. The van der Waals surface area contributed by atoms with E-state index >= 15 is 0 Å². The Labute approximate surface area is 143 Å². The second kappa shape index (κ2) is 7.02. The van der Waals surface area contributed by atoms with Gasteiger partial charge in [-0.2, -0.15) is 5.10 Å². The van der Waals surface area contributed by atoms with Gasteiger partial charge in [0.2, 0.25) is 5.91 Å². The van der Waals surface area contributed by atoms with Gasteiger partial charge < -0.3 is 15.2 Å². The highest BCUT2D eigenvalue weighted by Crippen LogP contribution is 2.35. The smallest absolute Gasteiger partial charge is 0.325 e. The maximum absolute atomic E-state index is 12.5. The van der Waals surface area contributed by atoms with Gasteiger partial charge in [-0.3, -0.25) is 14.3 Å². The molecule has 0 unspecified atom stereocenters. The molecular formula is C16H16ClN3O4. The summed E-state index contributed by atoms with van der Waals surface area (Å²) in [6.07, 6.45) is 1.78. The van der Waals surface area contributed by atoms with Crippen molar-refractivity contribution in [3.63, 3.8) is 0 Å². The molecule has 2 heterocycles. The Morgan fingerprint density at radius 2 is 2.08 bits per heavy atom. The summed E-state index contributed by atoms with van der Waals surface area (Å²) in [5, 5.41) is 16.1. The van der Waals surface area contributed by atoms with Gasteiger partial charge in [-0.1, -0.05) is 23.7 Å². The number of hydrogen-bond acceptors (Lipinski definition) is 4. The Kier molecular flexibility index (Phi) is 4.82. The van der Waals surface area contributed by atoms with Gasteiger partial charge >= 0.3 is 5.97 Å². The van der Waals surface area contributed by atoms with Gasteiger partial charge in [0, 0.05) is 23.9 Å². The molecule has 3 rings (SSSR count). The number of halogens is 1. The van der Waals surface area contributed by atoms with Crippen molar-refractivity contribution in [2.45, 2.75) is 19.1 Å². The van der Waals surface area contributed by atoms with E-state index in [1.54, 1.807) is 18.2 Å². The quantitative estimate of drug-likeness (QED) is 0.864. The number of carboxylic acids is 1. The Hall–Kier alpha value is -2.38. The molecule has 1 saturated heterocycles. The van der Waals surface area contributed by atoms with Gasteiger partial charge in [0.25, 0.3) is 0 Å². The van der Waals surface area contributed by atoms with Crippen molar-refractivity contribution < 1.29 is 19.4 Å². The Morgan fingerprint density at radius 3 is 2.79 bits per heavy atom. The number of ether oxygens (including phenoxy) is 1. The van der Waals surface area contributed by atoms with Crippen LogP contribution in [-0.4, -0.2) is 33.4 Å². The molecule has 8 heteroatoms. The summed E-state index contributed by atoms with van der Waals surface area (Å²) < 4.78 is 6.95. The number of carboxylic acid groups (broad SMARTS) is 1. The minimum atomic E-state index is -0.997. The molecule has 1 amide bonds. The average molecular weight is 350 g/mol. The molecule has 126 valence electrons. The second-order valence-electron chi connectivity index (χ2n) is 5.52. The Bertz CT molecular complexity index is 744. The van der Waals surface area contributed by atoms with E-state index in [0.717, 1.165) is 5.56 Å². The lowest BCUT2D eigenvalue weighted by Crippen LogP contribution is -2.25. The number of anilines is 1. The highest BCUT2D eigenvalue weighted by molar-refractivity contribution is 6.30. The lowest BCUT2D eigenvalue weighted by molar-refractivity contribution is -0.137. The second-order valence-corrected chi connectivity index (χ2v) is 5.96. The third-order valence-corrected chi connectivity index (χ3v) is 4.07. The first-order chi connectivity index (χ1) is 11.5. The normalized spacial score (nSPS) is 20.0. The van der Waals surface area contributed by atoms with Crippen LogP contribution in [0.4, 0.5) is 5.82 Å². The van der Waals surface area contributed by atoms with Crippen molar-refractivity contribution in [1.82, 2.24) is 9.78 Å². The van der Waals surface area contributed by atoms with E-state index in [2.05, 4.69) is 10.4 Å². The fourth-order valence-electron chi connectivity index (χ4n) is 2.71. The molecule has 0 spiro atoms. The van der Waals surface area contributed by atoms with Gasteiger partial charge in [-0.15, -0.1) is 0 Å². The zero-order valence-corrected chi connectivity index (χ0v) is 13.4. The number of aromatic nitrogens is 2. The lowest BCUT2D eigenvalue weighted by Gasteiger charge is -2.18. The van der Waals surface area contributed by atoms with Crippen molar-refractivity contribution in [1.29, 1.82) is 0 Å². The third kappa shape index (κ3) is 3.74. The van der Waals surface area contributed by atoms with E-state index in [9.17, 15) is 9.59 Å². The number of nitrogens with one attached hydrogen (secondary N) is 1. The summed E-state index contributed by atoms with van der Waals surface area (Å²) in [6, 6.07) is 8.79. The highest BCUT2D eigenvalue weighted by atomic mass is 35.5. The maximum Gasteiger partial charge on any atom is 0.325 e. The van der Waals surface area contributed by atoms with Crippen LogP contribution in [0.1, 0.15) is 18.1 Å². The van der Waals surface area contributed by atoms with Gasteiger partial charge in [-0.05, 0) is 24.1 Å². The molecule has 2 N–H and O–H groups in total. The van der Waals surface area contributed by atoms with Crippen molar-refractivity contribution in [2.24, 2.45) is 5.92 Å². The first-order valence-corrected chi connectivity index (χ1v) is 7.84. The summed E-state index contributed by atoms with van der Waals surface area (Å²) >= 11 is 5.89. The maximum atomic E-state index is 12.5. The summed E-state index contributed by atoms with van der Waals surface area (Å²) in [7, 11) is 0. The van der Waals surface area contributed by atoms with Crippen LogP contribution >= 0.6 is 11.6 Å². The summed E-state index contributed by atoms with van der Waals surface area (Å²) in [5.41, 5.74) is 0.897. The molecule has 0 saturated carbocycles. The number of rotatable bonds is 5. The van der Waals surface area contributed by atoms with E-state index in [1.807, 2.05) is 12.1 Å². The van der Waals surface area contributed by atoms with Crippen molar-refractivity contribution in [3.05, 3.63) is 47.1 Å². The molecule has 1 aromatic carbocycles. The van der Waals surface area contributed by atoms with E-state index in [1.165, 1.54) is 10.9 Å². The zero-order valence-electron chi connectivity index (χ0n) is 12.7. The number of amides is 1. The number of aliphatic carboxylic acids is 1. The van der Waals surface area contributed by atoms with E-state index in [-0.39, 0.29) is 24.5 Å². The van der Waals surface area contributed by atoms with Crippen LogP contribution in [-0.2, 0) is 20.9 Å². The molecule has 0 radical (unpaired) electrons. The number of carbonyl (C=O) groups is 2. The molecule has 1 aliphatic rings. The fraction of sp³-hybridized carbons (Fsp3) is 0.312. The monoisotopic (exact) mass is 349 g/mol. The van der Waals surface area contributed by atoms with Crippen LogP contribution in [0, 0.1) is 5.92 Å². The first kappa shape index (κ1) is 16.5. The van der Waals surface area contributed by atoms with Crippen LogP contribution < -0.4 is 5.32 Å². The molecule has 1 aromatic heterocycles. The largest absolute Gasteiger partial charge is 0.480 e. The van der Waals surface area contributed by atoms with Crippen molar-refractivity contribution >= 4 is 29.3 Å². The minimum Gasteiger partial charge on any atom is -0.480 e. The third-order valence-electron chi connectivity index (χ3n) is 3.82. The van der Waals surface area contributed by atoms with Crippen LogP contribution in [0.15, 0.2) is 36.5 Å². The van der Waals surface area contributed by atoms with E-state index < -0.39 is 5.97 Å². The molecule has 2 aromatic rings.